The molecule has 1 aliphatic carbocycles. The number of hydrogen-bond donors (Lipinski definition) is 1. The minimum Gasteiger partial charge on any atom is -0.324 e. The summed E-state index contributed by atoms with van der Waals surface area (Å²) in [7, 11) is 0. The first kappa shape index (κ1) is 10.5. The molecule has 2 N–H and O–H groups in total. The molecular formula is C11H12F3N. The van der Waals surface area contributed by atoms with Crippen molar-refractivity contribution in [3.05, 3.63) is 35.1 Å². The van der Waals surface area contributed by atoms with E-state index in [2.05, 4.69) is 0 Å². The van der Waals surface area contributed by atoms with E-state index in [9.17, 15) is 13.2 Å². The highest BCUT2D eigenvalue weighted by atomic mass is 19.2. The van der Waals surface area contributed by atoms with E-state index in [1.165, 1.54) is 6.07 Å². The molecule has 2 rings (SSSR count). The van der Waals surface area contributed by atoms with Crippen LogP contribution in [0, 0.1) is 23.4 Å². The largest absolute Gasteiger partial charge is 0.324 e. The molecule has 4 heteroatoms. The lowest BCUT2D eigenvalue weighted by Crippen LogP contribution is -2.14. The molecule has 1 saturated carbocycles. The molecule has 0 spiro atoms. The van der Waals surface area contributed by atoms with Crippen LogP contribution < -0.4 is 5.73 Å². The van der Waals surface area contributed by atoms with Gasteiger partial charge in [0.05, 0.1) is 0 Å². The van der Waals surface area contributed by atoms with Crippen LogP contribution in [0.2, 0.25) is 0 Å². The van der Waals surface area contributed by atoms with Crippen molar-refractivity contribution in [3.8, 4) is 0 Å². The summed E-state index contributed by atoms with van der Waals surface area (Å²) in [6, 6.07) is 1.61. The molecule has 1 aromatic carbocycles. The zero-order valence-electron chi connectivity index (χ0n) is 8.14. The summed E-state index contributed by atoms with van der Waals surface area (Å²) >= 11 is 0. The summed E-state index contributed by atoms with van der Waals surface area (Å²) in [5.41, 5.74) is 5.80. The Bertz CT molecular complexity index is 374. The number of benzene rings is 1. The van der Waals surface area contributed by atoms with E-state index in [0.717, 1.165) is 18.9 Å². The monoisotopic (exact) mass is 215 g/mol. The van der Waals surface area contributed by atoms with Crippen molar-refractivity contribution >= 4 is 0 Å². The summed E-state index contributed by atoms with van der Waals surface area (Å²) in [5.74, 6) is -3.23. The highest BCUT2D eigenvalue weighted by Crippen LogP contribution is 2.37. The van der Waals surface area contributed by atoms with Crippen LogP contribution in [0.25, 0.3) is 0 Å². The quantitative estimate of drug-likeness (QED) is 0.771. The summed E-state index contributed by atoms with van der Waals surface area (Å²) in [6.45, 7) is 0. The summed E-state index contributed by atoms with van der Waals surface area (Å²) < 4.78 is 38.8. The second kappa shape index (κ2) is 3.85. The van der Waals surface area contributed by atoms with Gasteiger partial charge >= 0.3 is 0 Å². The topological polar surface area (TPSA) is 26.0 Å². The minimum absolute atomic E-state index is 0.0702. The second-order valence-electron chi connectivity index (χ2n) is 4.05. The Morgan fingerprint density at radius 2 is 1.87 bits per heavy atom. The molecule has 1 fully saturated rings. The fourth-order valence-electron chi connectivity index (χ4n) is 1.67. The van der Waals surface area contributed by atoms with Crippen LogP contribution in [-0.4, -0.2) is 0 Å². The lowest BCUT2D eigenvalue weighted by atomic mass is 10.0. The molecule has 1 aromatic rings. The van der Waals surface area contributed by atoms with E-state index in [4.69, 9.17) is 5.73 Å². The van der Waals surface area contributed by atoms with E-state index in [1.54, 1.807) is 0 Å². The van der Waals surface area contributed by atoms with E-state index in [-0.39, 0.29) is 5.56 Å². The van der Waals surface area contributed by atoms with Gasteiger partial charge in [0.15, 0.2) is 17.5 Å². The molecular weight excluding hydrogens is 203 g/mol. The van der Waals surface area contributed by atoms with Crippen LogP contribution in [0.15, 0.2) is 12.1 Å². The van der Waals surface area contributed by atoms with Gasteiger partial charge in [-0.25, -0.2) is 13.2 Å². The van der Waals surface area contributed by atoms with Crippen molar-refractivity contribution in [3.63, 3.8) is 0 Å². The predicted molar refractivity (Wildman–Crippen MR) is 50.6 cm³/mol. The zero-order chi connectivity index (χ0) is 11.0. The summed E-state index contributed by atoms with van der Waals surface area (Å²) in [6.07, 6.45) is 2.83. The molecule has 82 valence electrons. The van der Waals surface area contributed by atoms with Crippen molar-refractivity contribution in [1.82, 2.24) is 0 Å². The molecule has 1 atom stereocenters. The molecule has 0 bridgehead atoms. The fourth-order valence-corrected chi connectivity index (χ4v) is 1.67. The first-order valence-corrected chi connectivity index (χ1v) is 4.98. The molecule has 0 aromatic heterocycles. The highest BCUT2D eigenvalue weighted by molar-refractivity contribution is 5.23. The van der Waals surface area contributed by atoms with Gasteiger partial charge in [-0.15, -0.1) is 0 Å². The van der Waals surface area contributed by atoms with Gasteiger partial charge in [0, 0.05) is 11.6 Å². The van der Waals surface area contributed by atoms with Gasteiger partial charge in [-0.3, -0.25) is 0 Å². The van der Waals surface area contributed by atoms with Gasteiger partial charge in [0.25, 0.3) is 0 Å². The van der Waals surface area contributed by atoms with E-state index < -0.39 is 23.5 Å². The Labute approximate surface area is 86.1 Å². The van der Waals surface area contributed by atoms with Gasteiger partial charge in [-0.05, 0) is 18.4 Å². The van der Waals surface area contributed by atoms with E-state index >= 15 is 0 Å². The third-order valence-electron chi connectivity index (χ3n) is 2.75. The Morgan fingerprint density at radius 1 is 1.20 bits per heavy atom. The Balaban J connectivity index is 2.22. The molecule has 1 aliphatic rings. The Morgan fingerprint density at radius 3 is 2.47 bits per heavy atom. The van der Waals surface area contributed by atoms with Gasteiger partial charge in [0.2, 0.25) is 0 Å². The normalized spacial score (nSPS) is 17.9. The maximum absolute atomic E-state index is 13.3. The number of rotatable bonds is 3. The van der Waals surface area contributed by atoms with Gasteiger partial charge in [-0.1, -0.05) is 18.9 Å². The smallest absolute Gasteiger partial charge is 0.194 e. The Kier molecular flexibility index (Phi) is 2.69. The van der Waals surface area contributed by atoms with Crippen molar-refractivity contribution in [2.45, 2.75) is 25.3 Å². The lowest BCUT2D eigenvalue weighted by molar-refractivity contribution is 0.431. The molecule has 0 amide bonds. The van der Waals surface area contributed by atoms with Crippen LogP contribution in [0.5, 0.6) is 0 Å². The first-order valence-electron chi connectivity index (χ1n) is 4.98. The molecule has 0 aliphatic heterocycles. The van der Waals surface area contributed by atoms with Crippen LogP contribution in [0.4, 0.5) is 13.2 Å². The Hall–Kier alpha value is -1.03. The molecule has 0 unspecified atom stereocenters. The van der Waals surface area contributed by atoms with Crippen LogP contribution in [0.3, 0.4) is 0 Å². The van der Waals surface area contributed by atoms with Crippen molar-refractivity contribution in [1.29, 1.82) is 0 Å². The summed E-state index contributed by atoms with van der Waals surface area (Å²) in [4.78, 5) is 0. The second-order valence-corrected chi connectivity index (χ2v) is 4.05. The number of halogens is 3. The average molecular weight is 215 g/mol. The summed E-state index contributed by atoms with van der Waals surface area (Å²) in [5, 5.41) is 0. The van der Waals surface area contributed by atoms with Crippen molar-refractivity contribution in [2.24, 2.45) is 11.7 Å². The predicted octanol–water partition coefficient (Wildman–Crippen LogP) is 2.90. The third-order valence-corrected chi connectivity index (χ3v) is 2.75. The van der Waals surface area contributed by atoms with Crippen molar-refractivity contribution in [2.75, 3.05) is 0 Å². The number of nitrogens with two attached hydrogens (primary N) is 1. The van der Waals surface area contributed by atoms with Crippen LogP contribution in [-0.2, 0) is 0 Å². The van der Waals surface area contributed by atoms with E-state index in [0.29, 0.717) is 12.3 Å². The average Bonchev–Trinajstić information content (AvgIpc) is 2.98. The van der Waals surface area contributed by atoms with E-state index in [1.807, 2.05) is 0 Å². The van der Waals surface area contributed by atoms with Gasteiger partial charge in [-0.2, -0.15) is 0 Å². The van der Waals surface area contributed by atoms with Gasteiger partial charge < -0.3 is 5.73 Å². The molecule has 15 heavy (non-hydrogen) atoms. The van der Waals surface area contributed by atoms with Gasteiger partial charge in [0.1, 0.15) is 0 Å². The first-order chi connectivity index (χ1) is 7.09. The minimum atomic E-state index is -1.43. The van der Waals surface area contributed by atoms with Crippen LogP contribution >= 0.6 is 0 Å². The lowest BCUT2D eigenvalue weighted by Gasteiger charge is -2.12. The highest BCUT2D eigenvalue weighted by Gasteiger charge is 2.26. The molecule has 0 heterocycles. The third kappa shape index (κ3) is 2.15. The molecule has 0 radical (unpaired) electrons. The maximum atomic E-state index is 13.3. The fraction of sp³-hybridized carbons (Fsp3) is 0.455. The molecule has 1 nitrogen and oxygen atoms in total. The van der Waals surface area contributed by atoms with Crippen LogP contribution in [0.1, 0.15) is 30.9 Å². The standard InChI is InChI=1S/C11H12F3N/c12-8-4-3-7(10(13)11(8)14)9(15)5-6-1-2-6/h3-4,6,9H,1-2,5,15H2/t9-/m0/s1. The SMILES string of the molecule is N[C@@H](CC1CC1)c1ccc(F)c(F)c1F. The molecule has 0 saturated heterocycles. The number of hydrogen-bond acceptors (Lipinski definition) is 1. The van der Waals surface area contributed by atoms with Crippen molar-refractivity contribution < 1.29 is 13.2 Å². The maximum Gasteiger partial charge on any atom is 0.194 e. The zero-order valence-corrected chi connectivity index (χ0v) is 8.14.